The Balaban J connectivity index is 2.03. The molecule has 0 atom stereocenters. The zero-order valence-corrected chi connectivity index (χ0v) is 14.1. The van der Waals surface area contributed by atoms with E-state index in [1.807, 2.05) is 0 Å². The Morgan fingerprint density at radius 2 is 1.88 bits per heavy atom. The van der Waals surface area contributed by atoms with Crippen LogP contribution in [0.4, 0.5) is 11.4 Å². The lowest BCUT2D eigenvalue weighted by Crippen LogP contribution is -2.17. The van der Waals surface area contributed by atoms with Gasteiger partial charge in [-0.1, -0.05) is 0 Å². The van der Waals surface area contributed by atoms with E-state index in [1.165, 1.54) is 44.5 Å². The van der Waals surface area contributed by atoms with Crippen LogP contribution in [0.3, 0.4) is 0 Å². The molecule has 26 heavy (non-hydrogen) atoms. The quantitative estimate of drug-likeness (QED) is 0.467. The van der Waals surface area contributed by atoms with Gasteiger partial charge in [-0.3, -0.25) is 19.7 Å². The van der Waals surface area contributed by atoms with Crippen LogP contribution in [0.1, 0.15) is 22.8 Å². The maximum Gasteiger partial charge on any atom is 0.311 e. The second kappa shape index (κ2) is 8.38. The second-order valence-electron chi connectivity index (χ2n) is 5.15. The van der Waals surface area contributed by atoms with Crippen LogP contribution < -0.4 is 15.5 Å². The van der Waals surface area contributed by atoms with E-state index in [1.54, 1.807) is 18.2 Å². The third kappa shape index (κ3) is 4.87. The molecule has 0 bridgehead atoms. The molecule has 0 aliphatic heterocycles. The molecule has 0 unspecified atom stereocenters. The lowest BCUT2D eigenvalue weighted by atomic mass is 10.2. The van der Waals surface area contributed by atoms with E-state index < -0.39 is 10.8 Å². The number of methoxy groups -OCH3 is 1. The van der Waals surface area contributed by atoms with Crippen LogP contribution >= 0.6 is 0 Å². The Morgan fingerprint density at radius 1 is 1.19 bits per heavy atom. The Morgan fingerprint density at radius 3 is 2.46 bits per heavy atom. The average Bonchev–Trinajstić information content (AvgIpc) is 2.61. The van der Waals surface area contributed by atoms with E-state index in [-0.39, 0.29) is 17.3 Å². The lowest BCUT2D eigenvalue weighted by molar-refractivity contribution is -0.385. The number of amides is 2. The van der Waals surface area contributed by atoms with Crippen molar-refractivity contribution in [3.05, 3.63) is 63.7 Å². The molecule has 2 aromatic carbocycles. The molecule has 9 nitrogen and oxygen atoms in total. The highest BCUT2D eigenvalue weighted by Gasteiger charge is 2.14. The van der Waals surface area contributed by atoms with E-state index in [0.29, 0.717) is 16.8 Å². The molecule has 2 amide bonds. The van der Waals surface area contributed by atoms with Gasteiger partial charge in [-0.05, 0) is 36.4 Å². The first-order valence-corrected chi connectivity index (χ1v) is 7.44. The number of ether oxygens (including phenoxy) is 1. The van der Waals surface area contributed by atoms with Gasteiger partial charge in [-0.2, -0.15) is 5.10 Å². The van der Waals surface area contributed by atoms with Crippen molar-refractivity contribution in [1.82, 2.24) is 5.43 Å². The topological polar surface area (TPSA) is 123 Å². The Hall–Kier alpha value is -3.75. The van der Waals surface area contributed by atoms with Crippen LogP contribution in [0, 0.1) is 10.1 Å². The number of anilines is 1. The molecule has 2 N–H and O–H groups in total. The highest BCUT2D eigenvalue weighted by molar-refractivity contribution is 5.96. The van der Waals surface area contributed by atoms with Gasteiger partial charge in [0.05, 0.1) is 18.2 Å². The summed E-state index contributed by atoms with van der Waals surface area (Å²) in [4.78, 5) is 33.4. The van der Waals surface area contributed by atoms with Crippen molar-refractivity contribution in [2.75, 3.05) is 12.4 Å². The zero-order valence-electron chi connectivity index (χ0n) is 14.1. The van der Waals surface area contributed by atoms with Gasteiger partial charge in [0.15, 0.2) is 5.75 Å². The summed E-state index contributed by atoms with van der Waals surface area (Å²) in [5, 5.41) is 17.4. The fraction of sp³-hybridized carbons (Fsp3) is 0.118. The number of nitrogens with zero attached hydrogens (tertiary/aromatic N) is 2. The largest absolute Gasteiger partial charge is 0.490 e. The molecule has 0 fully saturated rings. The van der Waals surface area contributed by atoms with Crippen molar-refractivity contribution in [3.8, 4) is 5.75 Å². The number of hydrogen-bond donors (Lipinski definition) is 2. The number of nitro groups is 1. The number of hydrogen-bond acceptors (Lipinski definition) is 6. The van der Waals surface area contributed by atoms with E-state index >= 15 is 0 Å². The normalized spacial score (nSPS) is 10.4. The number of carbonyl (C=O) groups excluding carboxylic acids is 2. The molecule has 0 aliphatic carbocycles. The first-order valence-electron chi connectivity index (χ1n) is 7.44. The van der Waals surface area contributed by atoms with Crippen molar-refractivity contribution in [2.45, 2.75) is 6.92 Å². The molecule has 2 rings (SSSR count). The number of nitro benzene ring substituents is 1. The van der Waals surface area contributed by atoms with Crippen LogP contribution in [0.15, 0.2) is 47.6 Å². The minimum absolute atomic E-state index is 0.135. The number of rotatable bonds is 6. The van der Waals surface area contributed by atoms with Crippen LogP contribution in [0.2, 0.25) is 0 Å². The van der Waals surface area contributed by atoms with E-state index in [9.17, 15) is 19.7 Å². The molecular weight excluding hydrogens is 340 g/mol. The molecule has 0 radical (unpaired) electrons. The molecule has 134 valence electrons. The molecule has 9 heteroatoms. The van der Waals surface area contributed by atoms with Gasteiger partial charge < -0.3 is 10.1 Å². The summed E-state index contributed by atoms with van der Waals surface area (Å²) in [5.74, 6) is -0.533. The Bertz CT molecular complexity index is 862. The average molecular weight is 356 g/mol. The van der Waals surface area contributed by atoms with Crippen LogP contribution in [-0.4, -0.2) is 30.1 Å². The lowest BCUT2D eigenvalue weighted by Gasteiger charge is -2.04. The Labute approximate surface area is 148 Å². The third-order valence-corrected chi connectivity index (χ3v) is 3.25. The third-order valence-electron chi connectivity index (χ3n) is 3.25. The molecular formula is C17H16N4O5. The van der Waals surface area contributed by atoms with Crippen molar-refractivity contribution in [3.63, 3.8) is 0 Å². The highest BCUT2D eigenvalue weighted by Crippen LogP contribution is 2.26. The maximum atomic E-state index is 12.0. The van der Waals surface area contributed by atoms with Crippen molar-refractivity contribution in [1.29, 1.82) is 0 Å². The molecule has 0 aromatic heterocycles. The standard InChI is InChI=1S/C17H16N4O5/c1-11(22)19-14-6-4-13(5-7-14)17(23)20-18-10-12-3-8-16(26-2)15(9-12)21(24)25/h3-10H,1-2H3,(H,19,22)(H,20,23). The van der Waals surface area contributed by atoms with Gasteiger partial charge in [-0.25, -0.2) is 5.43 Å². The number of carbonyl (C=O) groups is 2. The van der Waals surface area contributed by atoms with E-state index in [4.69, 9.17) is 4.74 Å². The SMILES string of the molecule is COc1ccc(C=NNC(=O)c2ccc(NC(C)=O)cc2)cc1[N+](=O)[O-]. The molecule has 0 aliphatic rings. The summed E-state index contributed by atoms with van der Waals surface area (Å²) in [6.45, 7) is 1.39. The molecule has 0 heterocycles. The monoisotopic (exact) mass is 356 g/mol. The number of nitrogens with one attached hydrogen (secondary N) is 2. The first-order chi connectivity index (χ1) is 12.4. The summed E-state index contributed by atoms with van der Waals surface area (Å²) >= 11 is 0. The van der Waals surface area contributed by atoms with Gasteiger partial charge in [-0.15, -0.1) is 0 Å². The van der Waals surface area contributed by atoms with Crippen LogP contribution in [-0.2, 0) is 4.79 Å². The van der Waals surface area contributed by atoms with Gasteiger partial charge in [0.1, 0.15) is 0 Å². The molecule has 0 saturated carbocycles. The first kappa shape index (κ1) is 18.6. The van der Waals surface area contributed by atoms with Crippen LogP contribution in [0.25, 0.3) is 0 Å². The predicted octanol–water partition coefficient (Wildman–Crippen LogP) is 2.33. The predicted molar refractivity (Wildman–Crippen MR) is 95.5 cm³/mol. The van der Waals surface area contributed by atoms with Gasteiger partial charge in [0, 0.05) is 29.8 Å². The highest BCUT2D eigenvalue weighted by atomic mass is 16.6. The molecule has 2 aromatic rings. The van der Waals surface area contributed by atoms with Crippen molar-refractivity contribution in [2.24, 2.45) is 5.10 Å². The fourth-order valence-electron chi connectivity index (χ4n) is 2.07. The number of benzene rings is 2. The maximum absolute atomic E-state index is 12.0. The summed E-state index contributed by atoms with van der Waals surface area (Å²) in [7, 11) is 1.34. The van der Waals surface area contributed by atoms with Crippen molar-refractivity contribution < 1.29 is 19.2 Å². The zero-order chi connectivity index (χ0) is 19.1. The summed E-state index contributed by atoms with van der Waals surface area (Å²) in [6.07, 6.45) is 1.29. The molecule has 0 saturated heterocycles. The summed E-state index contributed by atoms with van der Waals surface area (Å²) in [6, 6.07) is 10.6. The van der Waals surface area contributed by atoms with E-state index in [2.05, 4.69) is 15.8 Å². The minimum atomic E-state index is -0.564. The Kier molecular flexibility index (Phi) is 5.99. The summed E-state index contributed by atoms with van der Waals surface area (Å²) in [5.41, 5.74) is 3.48. The second-order valence-corrected chi connectivity index (χ2v) is 5.15. The van der Waals surface area contributed by atoms with Gasteiger partial charge in [0.25, 0.3) is 5.91 Å². The number of hydrazone groups is 1. The van der Waals surface area contributed by atoms with Gasteiger partial charge >= 0.3 is 5.69 Å². The smallest absolute Gasteiger partial charge is 0.311 e. The summed E-state index contributed by atoms with van der Waals surface area (Å²) < 4.78 is 4.91. The van der Waals surface area contributed by atoms with E-state index in [0.717, 1.165) is 0 Å². The molecule has 0 spiro atoms. The minimum Gasteiger partial charge on any atom is -0.490 e. The van der Waals surface area contributed by atoms with Crippen LogP contribution in [0.5, 0.6) is 5.75 Å². The van der Waals surface area contributed by atoms with Crippen molar-refractivity contribution >= 4 is 29.4 Å². The fourth-order valence-corrected chi connectivity index (χ4v) is 2.07. The van der Waals surface area contributed by atoms with Gasteiger partial charge in [0.2, 0.25) is 5.91 Å².